The first-order valence-corrected chi connectivity index (χ1v) is 6.59. The van der Waals surface area contributed by atoms with Crippen LogP contribution in [0.2, 0.25) is 5.02 Å². The highest BCUT2D eigenvalue weighted by Crippen LogP contribution is 2.16. The molecule has 0 saturated carbocycles. The second kappa shape index (κ2) is 6.54. The molecule has 0 bridgehead atoms. The molecule has 0 unspecified atom stereocenters. The Morgan fingerprint density at radius 2 is 2.47 bits per heavy atom. The van der Waals surface area contributed by atoms with Gasteiger partial charge in [0.15, 0.2) is 0 Å². The number of rotatable bonds is 5. The Kier molecular flexibility index (Phi) is 4.76. The second-order valence-corrected chi connectivity index (χ2v) is 4.70. The van der Waals surface area contributed by atoms with E-state index in [1.54, 1.807) is 12.3 Å². The van der Waals surface area contributed by atoms with E-state index in [4.69, 9.17) is 11.6 Å². The van der Waals surface area contributed by atoms with Gasteiger partial charge in [0.05, 0.1) is 18.4 Å². The summed E-state index contributed by atoms with van der Waals surface area (Å²) in [5, 5.41) is 10.6. The van der Waals surface area contributed by atoms with Crippen LogP contribution in [0.25, 0.3) is 0 Å². The highest BCUT2D eigenvalue weighted by atomic mass is 35.5. The van der Waals surface area contributed by atoms with E-state index in [0.717, 1.165) is 19.5 Å². The molecular formula is C13H17ClN4O. The standard InChI is InChI=1S/C13H17ClN4O/c1-2-7-18-13(19)12(14)11(9-17-18)16-8-10-3-5-15-6-4-10/h2-3,9,15-16H,1,4-8H2. The van der Waals surface area contributed by atoms with Crippen LogP contribution in [-0.4, -0.2) is 29.4 Å². The van der Waals surface area contributed by atoms with Crippen molar-refractivity contribution in [1.82, 2.24) is 15.1 Å². The van der Waals surface area contributed by atoms with Crippen molar-refractivity contribution >= 4 is 17.3 Å². The van der Waals surface area contributed by atoms with Gasteiger partial charge in [0.25, 0.3) is 5.56 Å². The van der Waals surface area contributed by atoms with Gasteiger partial charge in [-0.2, -0.15) is 5.10 Å². The monoisotopic (exact) mass is 280 g/mol. The van der Waals surface area contributed by atoms with Gasteiger partial charge >= 0.3 is 0 Å². The van der Waals surface area contributed by atoms with E-state index in [9.17, 15) is 4.79 Å². The van der Waals surface area contributed by atoms with Crippen LogP contribution in [0, 0.1) is 0 Å². The minimum absolute atomic E-state index is 0.173. The van der Waals surface area contributed by atoms with Crippen LogP contribution >= 0.6 is 11.6 Å². The number of anilines is 1. The van der Waals surface area contributed by atoms with Crippen LogP contribution in [0.3, 0.4) is 0 Å². The molecular weight excluding hydrogens is 264 g/mol. The summed E-state index contributed by atoms with van der Waals surface area (Å²) in [4.78, 5) is 11.9. The summed E-state index contributed by atoms with van der Waals surface area (Å²) in [5.74, 6) is 0. The number of aromatic nitrogens is 2. The van der Waals surface area contributed by atoms with Gasteiger partial charge in [-0.05, 0) is 13.0 Å². The molecule has 19 heavy (non-hydrogen) atoms. The molecule has 0 saturated heterocycles. The maximum atomic E-state index is 11.9. The van der Waals surface area contributed by atoms with Crippen molar-refractivity contribution in [2.24, 2.45) is 0 Å². The maximum Gasteiger partial charge on any atom is 0.287 e. The van der Waals surface area contributed by atoms with Gasteiger partial charge < -0.3 is 10.6 Å². The van der Waals surface area contributed by atoms with E-state index in [1.165, 1.54) is 10.3 Å². The Bertz CT molecular complexity index is 550. The lowest BCUT2D eigenvalue weighted by Crippen LogP contribution is -2.25. The highest BCUT2D eigenvalue weighted by Gasteiger charge is 2.09. The molecule has 1 aliphatic heterocycles. The molecule has 2 rings (SSSR count). The molecule has 0 amide bonds. The Morgan fingerprint density at radius 3 is 3.16 bits per heavy atom. The van der Waals surface area contributed by atoms with E-state index < -0.39 is 0 Å². The van der Waals surface area contributed by atoms with Gasteiger partial charge in [-0.3, -0.25) is 4.79 Å². The number of nitrogens with one attached hydrogen (secondary N) is 2. The fourth-order valence-corrected chi connectivity index (χ4v) is 2.09. The van der Waals surface area contributed by atoms with Crippen molar-refractivity contribution in [3.63, 3.8) is 0 Å². The number of halogens is 1. The van der Waals surface area contributed by atoms with Crippen LogP contribution < -0.4 is 16.2 Å². The van der Waals surface area contributed by atoms with Crippen LogP contribution in [0.5, 0.6) is 0 Å². The predicted molar refractivity (Wildman–Crippen MR) is 77.8 cm³/mol. The minimum Gasteiger partial charge on any atom is -0.379 e. The normalized spacial score (nSPS) is 14.9. The number of nitrogens with zero attached hydrogens (tertiary/aromatic N) is 2. The lowest BCUT2D eigenvalue weighted by Gasteiger charge is -2.15. The molecule has 2 heterocycles. The Hall–Kier alpha value is -1.59. The number of hydrogen-bond donors (Lipinski definition) is 2. The van der Waals surface area contributed by atoms with Crippen molar-refractivity contribution in [2.75, 3.05) is 25.0 Å². The van der Waals surface area contributed by atoms with Crippen molar-refractivity contribution < 1.29 is 0 Å². The molecule has 1 aromatic rings. The third kappa shape index (κ3) is 3.45. The predicted octanol–water partition coefficient (Wildman–Crippen LogP) is 1.41. The SMILES string of the molecule is C=CCn1ncc(NCC2=CCNCC2)c(Cl)c1=O. The van der Waals surface area contributed by atoms with Gasteiger partial charge in [-0.1, -0.05) is 29.3 Å². The number of hydrogen-bond acceptors (Lipinski definition) is 4. The van der Waals surface area contributed by atoms with Crippen LogP contribution in [0.4, 0.5) is 5.69 Å². The number of allylic oxidation sites excluding steroid dienone is 1. The molecule has 5 nitrogen and oxygen atoms in total. The molecule has 0 radical (unpaired) electrons. The average Bonchev–Trinajstić information content (AvgIpc) is 2.44. The lowest BCUT2D eigenvalue weighted by molar-refractivity contribution is 0.652. The summed E-state index contributed by atoms with van der Waals surface area (Å²) in [6.45, 7) is 6.50. The first-order chi connectivity index (χ1) is 9.22. The first kappa shape index (κ1) is 13.8. The zero-order valence-electron chi connectivity index (χ0n) is 10.7. The molecule has 0 spiro atoms. The van der Waals surface area contributed by atoms with E-state index in [2.05, 4.69) is 28.4 Å². The van der Waals surface area contributed by atoms with Crippen molar-refractivity contribution in [3.8, 4) is 0 Å². The van der Waals surface area contributed by atoms with Crippen molar-refractivity contribution in [2.45, 2.75) is 13.0 Å². The molecule has 0 aromatic carbocycles. The Labute approximate surface area is 117 Å². The van der Waals surface area contributed by atoms with E-state index >= 15 is 0 Å². The molecule has 102 valence electrons. The molecule has 0 atom stereocenters. The zero-order valence-corrected chi connectivity index (χ0v) is 11.4. The zero-order chi connectivity index (χ0) is 13.7. The van der Waals surface area contributed by atoms with E-state index in [-0.39, 0.29) is 10.6 Å². The van der Waals surface area contributed by atoms with Crippen molar-refractivity contribution in [3.05, 3.63) is 45.9 Å². The molecule has 1 aromatic heterocycles. The molecule has 0 fully saturated rings. The maximum absolute atomic E-state index is 11.9. The van der Waals surface area contributed by atoms with E-state index in [1.807, 2.05) is 0 Å². The Balaban J connectivity index is 2.08. The fraction of sp³-hybridized carbons (Fsp3) is 0.385. The molecule has 6 heteroatoms. The topological polar surface area (TPSA) is 59.0 Å². The smallest absolute Gasteiger partial charge is 0.287 e. The van der Waals surface area contributed by atoms with Gasteiger partial charge in [-0.25, -0.2) is 4.68 Å². The largest absolute Gasteiger partial charge is 0.379 e. The van der Waals surface area contributed by atoms with Crippen LogP contribution in [-0.2, 0) is 6.54 Å². The minimum atomic E-state index is -0.300. The summed E-state index contributed by atoms with van der Waals surface area (Å²) in [7, 11) is 0. The second-order valence-electron chi connectivity index (χ2n) is 4.32. The summed E-state index contributed by atoms with van der Waals surface area (Å²) >= 11 is 6.05. The average molecular weight is 281 g/mol. The summed E-state index contributed by atoms with van der Waals surface area (Å²) in [6, 6.07) is 0. The first-order valence-electron chi connectivity index (χ1n) is 6.21. The third-order valence-electron chi connectivity index (χ3n) is 2.95. The van der Waals surface area contributed by atoms with Crippen LogP contribution in [0.15, 0.2) is 35.3 Å². The third-order valence-corrected chi connectivity index (χ3v) is 3.32. The van der Waals surface area contributed by atoms with Gasteiger partial charge in [0, 0.05) is 13.1 Å². The summed E-state index contributed by atoms with van der Waals surface area (Å²) in [5.41, 5.74) is 1.59. The molecule has 2 N–H and O–H groups in total. The van der Waals surface area contributed by atoms with Crippen molar-refractivity contribution in [1.29, 1.82) is 0 Å². The lowest BCUT2D eigenvalue weighted by atomic mass is 10.1. The van der Waals surface area contributed by atoms with Gasteiger partial charge in [0.1, 0.15) is 5.02 Å². The summed E-state index contributed by atoms with van der Waals surface area (Å²) < 4.78 is 1.28. The van der Waals surface area contributed by atoms with Gasteiger partial charge in [0.2, 0.25) is 0 Å². The Morgan fingerprint density at radius 1 is 1.63 bits per heavy atom. The summed E-state index contributed by atoms with van der Waals surface area (Å²) in [6.07, 6.45) is 6.34. The molecule has 0 aliphatic carbocycles. The highest BCUT2D eigenvalue weighted by molar-refractivity contribution is 6.32. The molecule has 1 aliphatic rings. The van der Waals surface area contributed by atoms with E-state index in [0.29, 0.717) is 18.8 Å². The van der Waals surface area contributed by atoms with Gasteiger partial charge in [-0.15, -0.1) is 6.58 Å². The fourth-order valence-electron chi connectivity index (χ4n) is 1.88. The quantitative estimate of drug-likeness (QED) is 0.801. The van der Waals surface area contributed by atoms with Crippen LogP contribution in [0.1, 0.15) is 6.42 Å².